The smallest absolute Gasteiger partial charge is 0.168 e. The highest BCUT2D eigenvalue weighted by Gasteiger charge is 2.44. The highest BCUT2D eigenvalue weighted by atomic mass is 35.5. The molecule has 0 N–H and O–H groups in total. The van der Waals surface area contributed by atoms with Gasteiger partial charge in [-0.15, -0.1) is 0 Å². The van der Waals surface area contributed by atoms with Crippen molar-refractivity contribution in [1.29, 1.82) is 0 Å². The Bertz CT molecular complexity index is 3480. The summed E-state index contributed by atoms with van der Waals surface area (Å²) in [6, 6.07) is 31.3. The number of halogens is 1. The van der Waals surface area contributed by atoms with Crippen molar-refractivity contribution in [1.82, 2.24) is 14.0 Å². The van der Waals surface area contributed by atoms with Crippen LogP contribution in [0.2, 0.25) is 5.02 Å². The van der Waals surface area contributed by atoms with Crippen molar-refractivity contribution in [3.8, 4) is 39.6 Å². The van der Waals surface area contributed by atoms with Gasteiger partial charge in [0.2, 0.25) is 0 Å². The van der Waals surface area contributed by atoms with Crippen LogP contribution < -0.4 is 14.1 Å². The molecule has 0 saturated carbocycles. The maximum atomic E-state index is 9.09. The average molecular weight is 798 g/mol. The third kappa shape index (κ3) is 6.44. The van der Waals surface area contributed by atoms with Gasteiger partial charge in [0.1, 0.15) is 23.0 Å². The van der Waals surface area contributed by atoms with Gasteiger partial charge in [0.25, 0.3) is 0 Å². The van der Waals surface area contributed by atoms with Gasteiger partial charge in [-0.1, -0.05) is 123 Å². The average Bonchev–Trinajstić information content (AvgIpc) is 3.82. The van der Waals surface area contributed by atoms with Crippen molar-refractivity contribution in [2.75, 3.05) is 18.6 Å². The second-order valence-corrected chi connectivity index (χ2v) is 16.3. The summed E-state index contributed by atoms with van der Waals surface area (Å²) in [6.45, 7) is 6.68. The van der Waals surface area contributed by atoms with E-state index < -0.39 is 60.4 Å². The number of hydrogen-bond donors (Lipinski definition) is 0. The number of rotatable bonds is 7. The molecule has 288 valence electrons. The van der Waals surface area contributed by atoms with Crippen LogP contribution in [0.25, 0.3) is 49.9 Å². The Morgan fingerprint density at radius 1 is 0.678 bits per heavy atom. The highest BCUT2D eigenvalue weighted by molar-refractivity contribution is 6.31. The molecule has 5 nitrogen and oxygen atoms in total. The van der Waals surface area contributed by atoms with Crippen LogP contribution in [0.1, 0.15) is 40.0 Å². The molecule has 6 heteroatoms. The lowest BCUT2D eigenvalue weighted by Gasteiger charge is -2.33. The van der Waals surface area contributed by atoms with Crippen molar-refractivity contribution in [2.45, 2.75) is 26.2 Å². The minimum Gasteiger partial charge on any atom is -0.457 e. The Morgan fingerprint density at radius 2 is 1.32 bits per heavy atom. The molecule has 0 amide bonds. The predicted molar refractivity (Wildman–Crippen MR) is 247 cm³/mol. The zero-order chi connectivity index (χ0) is 49.0. The largest absolute Gasteiger partial charge is 0.457 e. The van der Waals surface area contributed by atoms with Crippen LogP contribution in [0.3, 0.4) is 0 Å². The van der Waals surface area contributed by atoms with Gasteiger partial charge in [-0.25, -0.2) is 9.47 Å². The van der Waals surface area contributed by atoms with E-state index in [1.165, 1.54) is 0 Å². The fourth-order valence-corrected chi connectivity index (χ4v) is 8.51. The molecule has 0 radical (unpaired) electrons. The number of anilines is 2. The van der Waals surface area contributed by atoms with E-state index in [-0.39, 0.29) is 38.8 Å². The minimum absolute atomic E-state index is 0.0762. The lowest BCUT2D eigenvalue weighted by molar-refractivity contribution is 0.481. The predicted octanol–water partition coefficient (Wildman–Crippen LogP) is 14.6. The van der Waals surface area contributed by atoms with Crippen LogP contribution in [0.15, 0.2) is 182 Å². The van der Waals surface area contributed by atoms with Gasteiger partial charge in [0.05, 0.1) is 37.5 Å². The Morgan fingerprint density at radius 3 is 2.03 bits per heavy atom. The van der Waals surface area contributed by atoms with Crippen molar-refractivity contribution in [2.24, 2.45) is 0 Å². The number of benzene rings is 7. The molecule has 10 rings (SSSR count). The molecule has 1 aliphatic rings. The van der Waals surface area contributed by atoms with E-state index in [9.17, 15) is 0 Å². The monoisotopic (exact) mass is 797 g/mol. The molecule has 0 bridgehead atoms. The van der Waals surface area contributed by atoms with E-state index in [1.807, 2.05) is 104 Å². The molecule has 1 aliphatic heterocycles. The molecule has 9 aromatic rings. The second kappa shape index (κ2) is 14.3. The Kier molecular flexibility index (Phi) is 6.58. The first-order valence-electron chi connectivity index (χ1n) is 24.3. The number of pyridine rings is 1. The van der Waals surface area contributed by atoms with Crippen LogP contribution >= 0.6 is 11.6 Å². The molecule has 2 aromatic heterocycles. The van der Waals surface area contributed by atoms with Gasteiger partial charge in [-0.2, -0.15) is 0 Å². The SMILES string of the molecule is [2H]c1c([2H])c([2H])c(-c2cccc(-c3c([2H])c([2H])c([2H])c([2H])c3[2H])c2[N+]2(C)CN(c3cccc(Oc4ccc5c6ccc(Cl)cc6n(-c6cc(C(C)(C)C)ccn6)c5c4)c3)c3ccccc32)c([2H])c1[2H]. The third-order valence-corrected chi connectivity index (χ3v) is 11.3. The summed E-state index contributed by atoms with van der Waals surface area (Å²) in [6.07, 6.45) is 1.83. The third-order valence-electron chi connectivity index (χ3n) is 11.1. The summed E-state index contributed by atoms with van der Waals surface area (Å²) in [7, 11) is 1.92. The van der Waals surface area contributed by atoms with Crippen LogP contribution in [0.4, 0.5) is 22.7 Å². The van der Waals surface area contributed by atoms with Gasteiger partial charge < -0.3 is 4.74 Å². The number of para-hydroxylation sites is 3. The summed E-state index contributed by atoms with van der Waals surface area (Å²) >= 11 is 6.60. The molecule has 0 spiro atoms. The van der Waals surface area contributed by atoms with Crippen LogP contribution in [0, 0.1) is 0 Å². The van der Waals surface area contributed by atoms with Gasteiger partial charge in [-0.3, -0.25) is 9.47 Å². The summed E-state index contributed by atoms with van der Waals surface area (Å²) in [4.78, 5) is 6.91. The molecule has 0 fully saturated rings. The van der Waals surface area contributed by atoms with Crippen molar-refractivity contribution in [3.63, 3.8) is 0 Å². The summed E-state index contributed by atoms with van der Waals surface area (Å²) in [5.74, 6) is 1.88. The van der Waals surface area contributed by atoms with Crippen LogP contribution in [0.5, 0.6) is 11.5 Å². The quantitative estimate of drug-likeness (QED) is 0.150. The first-order valence-corrected chi connectivity index (χ1v) is 19.7. The van der Waals surface area contributed by atoms with Crippen molar-refractivity contribution >= 4 is 56.2 Å². The maximum absolute atomic E-state index is 9.09. The van der Waals surface area contributed by atoms with E-state index >= 15 is 0 Å². The number of ether oxygens (including phenoxy) is 1. The summed E-state index contributed by atoms with van der Waals surface area (Å²) < 4.78 is 96.3. The second-order valence-electron chi connectivity index (χ2n) is 15.9. The van der Waals surface area contributed by atoms with Gasteiger partial charge >= 0.3 is 0 Å². The molecular weight excluding hydrogens is 744 g/mol. The van der Waals surface area contributed by atoms with Crippen LogP contribution in [-0.4, -0.2) is 23.3 Å². The van der Waals surface area contributed by atoms with Crippen LogP contribution in [-0.2, 0) is 5.41 Å². The lowest BCUT2D eigenvalue weighted by Crippen LogP contribution is -2.42. The number of fused-ring (bicyclic) bond motifs is 4. The summed E-state index contributed by atoms with van der Waals surface area (Å²) in [5, 5.41) is 2.62. The lowest BCUT2D eigenvalue weighted by atomic mass is 9.88. The van der Waals surface area contributed by atoms with Crippen molar-refractivity contribution in [3.05, 3.63) is 192 Å². The van der Waals surface area contributed by atoms with Gasteiger partial charge in [0, 0.05) is 51.3 Å². The first kappa shape index (κ1) is 27.1. The Balaban J connectivity index is 1.11. The fourth-order valence-electron chi connectivity index (χ4n) is 8.34. The van der Waals surface area contributed by atoms with Gasteiger partial charge in [0.15, 0.2) is 18.0 Å². The highest BCUT2D eigenvalue weighted by Crippen LogP contribution is 2.54. The molecule has 0 aliphatic carbocycles. The normalized spacial score (nSPS) is 17.5. The molecule has 59 heavy (non-hydrogen) atoms. The first-order chi connectivity index (χ1) is 32.8. The Hall–Kier alpha value is -6.66. The van der Waals surface area contributed by atoms with Gasteiger partial charge in [-0.05, 0) is 88.8 Å². The van der Waals surface area contributed by atoms with E-state index in [1.54, 1.807) is 18.2 Å². The molecule has 1 unspecified atom stereocenters. The zero-order valence-electron chi connectivity index (χ0n) is 42.8. The zero-order valence-corrected chi connectivity index (χ0v) is 33.6. The topological polar surface area (TPSA) is 30.3 Å². The summed E-state index contributed by atoms with van der Waals surface area (Å²) in [5.41, 5.74) is 5.83. The number of nitrogens with zero attached hydrogens (tertiary/aromatic N) is 4. The fraction of sp³-hybridized carbons (Fsp3) is 0.113. The minimum atomic E-state index is -0.549. The van der Waals surface area contributed by atoms with E-state index in [2.05, 4.69) is 36.3 Å². The molecular formula is C53H44ClN4O+. The maximum Gasteiger partial charge on any atom is 0.168 e. The number of aromatic nitrogens is 2. The molecule has 1 atom stereocenters. The number of quaternary nitrogens is 1. The molecule has 3 heterocycles. The Labute approximate surface area is 364 Å². The van der Waals surface area contributed by atoms with Crippen molar-refractivity contribution < 1.29 is 18.4 Å². The van der Waals surface area contributed by atoms with E-state index in [0.29, 0.717) is 22.2 Å². The molecule has 7 aromatic carbocycles. The molecule has 0 saturated heterocycles. The standard InChI is InChI=1S/C53H44ClN4O/c1-53(2,3)38-29-30-55-51(31-38)57-48-32-39(54)25-27-45(48)46-28-26-42(34-49(46)57)59-41-20-13-19-40(33-41)56-35-58(4,50-24-12-11-23-47(50)56)52-43(36-15-7-5-8-16-36)21-14-22-44(52)37-17-9-6-10-18-37/h5-34H,35H2,1-4H3/q+1/i5D,6D,7D,8D,9D,10D,15D,16D,17D,18D. The number of hydrogen-bond acceptors (Lipinski definition) is 3. The van der Waals surface area contributed by atoms with E-state index in [0.717, 1.165) is 50.2 Å². The van der Waals surface area contributed by atoms with E-state index in [4.69, 9.17) is 35.0 Å².